The number of aliphatic hydroxyl groups is 1. The van der Waals surface area contributed by atoms with E-state index < -0.39 is 11.9 Å². The van der Waals surface area contributed by atoms with Gasteiger partial charge in [0, 0.05) is 6.54 Å². The summed E-state index contributed by atoms with van der Waals surface area (Å²) in [6, 6.07) is 5.75. The maximum absolute atomic E-state index is 13.0. The molecule has 1 amide bonds. The van der Waals surface area contributed by atoms with E-state index in [2.05, 4.69) is 10.6 Å². The van der Waals surface area contributed by atoms with Crippen molar-refractivity contribution in [3.05, 3.63) is 35.6 Å². The van der Waals surface area contributed by atoms with Crippen molar-refractivity contribution in [2.75, 3.05) is 19.6 Å². The third kappa shape index (κ3) is 5.86. The first-order valence-corrected chi connectivity index (χ1v) is 6.56. The summed E-state index contributed by atoms with van der Waals surface area (Å²) < 4.78 is 13.0. The number of nitrogens with one attached hydrogen (secondary N) is 2. The lowest BCUT2D eigenvalue weighted by Crippen LogP contribution is -2.36. The Bertz CT molecular complexity index is 441. The van der Waals surface area contributed by atoms with Crippen molar-refractivity contribution in [2.45, 2.75) is 18.9 Å². The molecule has 0 bridgehead atoms. The van der Waals surface area contributed by atoms with E-state index in [0.717, 1.165) is 12.5 Å². The molecule has 6 heteroatoms. The Morgan fingerprint density at radius 1 is 1.45 bits per heavy atom. The van der Waals surface area contributed by atoms with Crippen molar-refractivity contribution in [1.29, 1.82) is 0 Å². The van der Waals surface area contributed by atoms with Gasteiger partial charge in [0.1, 0.15) is 5.82 Å². The van der Waals surface area contributed by atoms with Crippen LogP contribution in [0.3, 0.4) is 0 Å². The number of halogens is 2. The Morgan fingerprint density at radius 3 is 2.85 bits per heavy atom. The number of rotatable bonds is 7. The fourth-order valence-electron chi connectivity index (χ4n) is 1.82. The van der Waals surface area contributed by atoms with Crippen LogP contribution in [0.1, 0.15) is 24.5 Å². The Morgan fingerprint density at radius 2 is 2.20 bits per heavy atom. The number of hydrogen-bond donors (Lipinski definition) is 3. The molecule has 1 unspecified atom stereocenters. The van der Waals surface area contributed by atoms with E-state index in [1.807, 2.05) is 0 Å². The van der Waals surface area contributed by atoms with Crippen LogP contribution in [-0.2, 0) is 4.79 Å². The summed E-state index contributed by atoms with van der Waals surface area (Å²) in [5.41, 5.74) is 0.464. The van der Waals surface area contributed by atoms with Gasteiger partial charge in [-0.2, -0.15) is 0 Å². The van der Waals surface area contributed by atoms with Gasteiger partial charge in [0.15, 0.2) is 0 Å². The minimum absolute atomic E-state index is 0. The smallest absolute Gasteiger partial charge is 0.234 e. The molecule has 112 valence electrons. The second-order valence-corrected chi connectivity index (χ2v) is 4.95. The van der Waals surface area contributed by atoms with E-state index in [-0.39, 0.29) is 31.4 Å². The molecule has 1 aromatic carbocycles. The highest BCUT2D eigenvalue weighted by Gasteiger charge is 2.20. The average molecular weight is 303 g/mol. The second-order valence-electron chi connectivity index (χ2n) is 4.95. The number of carbonyl (C=O) groups is 1. The highest BCUT2D eigenvalue weighted by molar-refractivity contribution is 5.85. The summed E-state index contributed by atoms with van der Waals surface area (Å²) in [4.78, 5) is 11.5. The van der Waals surface area contributed by atoms with Crippen LogP contribution in [0.4, 0.5) is 4.39 Å². The van der Waals surface area contributed by atoms with Crippen molar-refractivity contribution < 1.29 is 14.3 Å². The van der Waals surface area contributed by atoms with Crippen molar-refractivity contribution in [3.8, 4) is 0 Å². The first-order valence-electron chi connectivity index (χ1n) is 6.56. The first kappa shape index (κ1) is 16.9. The predicted octanol–water partition coefficient (Wildman–Crippen LogP) is 1.40. The van der Waals surface area contributed by atoms with E-state index >= 15 is 0 Å². The highest BCUT2D eigenvalue weighted by atomic mass is 35.5. The molecule has 0 radical (unpaired) electrons. The van der Waals surface area contributed by atoms with E-state index in [1.54, 1.807) is 6.07 Å². The molecule has 4 nitrogen and oxygen atoms in total. The van der Waals surface area contributed by atoms with Crippen LogP contribution in [-0.4, -0.2) is 30.6 Å². The highest BCUT2D eigenvalue weighted by Crippen LogP contribution is 2.27. The zero-order chi connectivity index (χ0) is 13.7. The van der Waals surface area contributed by atoms with Crippen molar-refractivity contribution in [3.63, 3.8) is 0 Å². The number of carbonyl (C=O) groups excluding carboxylic acids is 1. The van der Waals surface area contributed by atoms with Crippen molar-refractivity contribution in [2.24, 2.45) is 5.92 Å². The zero-order valence-corrected chi connectivity index (χ0v) is 12.0. The number of hydrogen-bond acceptors (Lipinski definition) is 3. The van der Waals surface area contributed by atoms with Gasteiger partial charge in [0.05, 0.1) is 12.6 Å². The molecule has 1 aromatic rings. The van der Waals surface area contributed by atoms with Crippen LogP contribution in [0, 0.1) is 11.7 Å². The van der Waals surface area contributed by atoms with Gasteiger partial charge in [-0.3, -0.25) is 4.79 Å². The molecule has 2 rings (SSSR count). The summed E-state index contributed by atoms with van der Waals surface area (Å²) in [7, 11) is 0. The van der Waals surface area contributed by atoms with Crippen LogP contribution in [0.15, 0.2) is 24.3 Å². The van der Waals surface area contributed by atoms with Crippen LogP contribution < -0.4 is 10.6 Å². The molecule has 1 aliphatic rings. The fraction of sp³-hybridized carbons (Fsp3) is 0.500. The molecule has 20 heavy (non-hydrogen) atoms. The Kier molecular flexibility index (Phi) is 6.91. The summed E-state index contributed by atoms with van der Waals surface area (Å²) in [5.74, 6) is 0.177. The van der Waals surface area contributed by atoms with Gasteiger partial charge in [0.25, 0.3) is 0 Å². The molecular formula is C14H20ClFN2O2. The summed E-state index contributed by atoms with van der Waals surface area (Å²) >= 11 is 0. The van der Waals surface area contributed by atoms with Crippen LogP contribution in [0.25, 0.3) is 0 Å². The predicted molar refractivity (Wildman–Crippen MR) is 77.2 cm³/mol. The zero-order valence-electron chi connectivity index (χ0n) is 11.1. The lowest BCUT2D eigenvalue weighted by molar-refractivity contribution is -0.120. The molecule has 0 heterocycles. The quantitative estimate of drug-likeness (QED) is 0.713. The molecule has 1 fully saturated rings. The Labute approximate surface area is 124 Å². The minimum Gasteiger partial charge on any atom is -0.387 e. The molecule has 0 saturated heterocycles. The standard InChI is InChI=1S/C14H19FN2O2.ClH/c15-12-3-1-2-11(6-12)13(18)8-17-14(19)9-16-7-10-4-5-10;/h1-3,6,10,13,16,18H,4-5,7-9H2,(H,17,19);1H. The minimum atomic E-state index is -0.886. The fourth-order valence-corrected chi connectivity index (χ4v) is 1.82. The van der Waals surface area contributed by atoms with E-state index in [0.29, 0.717) is 5.56 Å². The summed E-state index contributed by atoms with van der Waals surface area (Å²) in [5, 5.41) is 15.5. The maximum atomic E-state index is 13.0. The summed E-state index contributed by atoms with van der Waals surface area (Å²) in [6.07, 6.45) is 1.60. The van der Waals surface area contributed by atoms with E-state index in [9.17, 15) is 14.3 Å². The van der Waals surface area contributed by atoms with Gasteiger partial charge in [-0.05, 0) is 43.0 Å². The summed E-state index contributed by atoms with van der Waals surface area (Å²) in [6.45, 7) is 1.22. The normalized spacial score (nSPS) is 15.3. The van der Waals surface area contributed by atoms with Gasteiger partial charge in [-0.25, -0.2) is 4.39 Å². The molecular weight excluding hydrogens is 283 g/mol. The lowest BCUT2D eigenvalue weighted by atomic mass is 10.1. The van der Waals surface area contributed by atoms with Crippen molar-refractivity contribution >= 4 is 18.3 Å². The topological polar surface area (TPSA) is 61.4 Å². The van der Waals surface area contributed by atoms with E-state index in [1.165, 1.54) is 31.0 Å². The SMILES string of the molecule is Cl.O=C(CNCC1CC1)NCC(O)c1cccc(F)c1. The van der Waals surface area contributed by atoms with Gasteiger partial charge < -0.3 is 15.7 Å². The largest absolute Gasteiger partial charge is 0.387 e. The van der Waals surface area contributed by atoms with Gasteiger partial charge in [-0.1, -0.05) is 12.1 Å². The third-order valence-corrected chi connectivity index (χ3v) is 3.14. The first-order chi connectivity index (χ1) is 9.15. The monoisotopic (exact) mass is 302 g/mol. The van der Waals surface area contributed by atoms with Crippen LogP contribution in [0.5, 0.6) is 0 Å². The third-order valence-electron chi connectivity index (χ3n) is 3.14. The van der Waals surface area contributed by atoms with Gasteiger partial charge in [0.2, 0.25) is 5.91 Å². The average Bonchev–Trinajstić information content (AvgIpc) is 3.20. The maximum Gasteiger partial charge on any atom is 0.234 e. The Balaban J connectivity index is 0.00000200. The van der Waals surface area contributed by atoms with Crippen LogP contribution in [0.2, 0.25) is 0 Å². The number of aliphatic hydroxyl groups excluding tert-OH is 1. The molecule has 1 atom stereocenters. The number of benzene rings is 1. The van der Waals surface area contributed by atoms with Crippen LogP contribution >= 0.6 is 12.4 Å². The molecule has 0 aromatic heterocycles. The lowest BCUT2D eigenvalue weighted by Gasteiger charge is -2.12. The molecule has 0 spiro atoms. The molecule has 0 aliphatic heterocycles. The van der Waals surface area contributed by atoms with E-state index in [4.69, 9.17) is 0 Å². The van der Waals surface area contributed by atoms with Gasteiger partial charge >= 0.3 is 0 Å². The second kappa shape index (κ2) is 8.19. The molecule has 1 aliphatic carbocycles. The van der Waals surface area contributed by atoms with Crippen molar-refractivity contribution in [1.82, 2.24) is 10.6 Å². The Hall–Kier alpha value is -1.17. The van der Waals surface area contributed by atoms with Gasteiger partial charge in [-0.15, -0.1) is 12.4 Å². The molecule has 3 N–H and O–H groups in total. The number of amides is 1. The molecule has 1 saturated carbocycles.